The summed E-state index contributed by atoms with van der Waals surface area (Å²) in [5.74, 6) is -0.0590. The number of aryl methyl sites for hydroxylation is 1. The molecule has 0 spiro atoms. The molecule has 192 valence electrons. The van der Waals surface area contributed by atoms with E-state index >= 15 is 0 Å². The van der Waals surface area contributed by atoms with E-state index in [4.69, 9.17) is 0 Å². The molecule has 37 heavy (non-hydrogen) atoms. The number of rotatable bonds is 8. The highest BCUT2D eigenvalue weighted by Gasteiger charge is 2.18. The number of piperidine rings is 1. The summed E-state index contributed by atoms with van der Waals surface area (Å²) in [6, 6.07) is 23.8. The molecular weight excluding hydrogens is 458 g/mol. The van der Waals surface area contributed by atoms with Crippen molar-refractivity contribution in [3.63, 3.8) is 0 Å². The molecule has 2 amide bonds. The third kappa shape index (κ3) is 6.17. The van der Waals surface area contributed by atoms with Gasteiger partial charge in [-0.3, -0.25) is 9.59 Å². The van der Waals surface area contributed by atoms with Gasteiger partial charge >= 0.3 is 0 Å². The number of amides is 2. The van der Waals surface area contributed by atoms with E-state index in [0.29, 0.717) is 24.2 Å². The van der Waals surface area contributed by atoms with Gasteiger partial charge in [0.25, 0.3) is 11.8 Å². The van der Waals surface area contributed by atoms with E-state index in [0.717, 1.165) is 60.3 Å². The summed E-state index contributed by atoms with van der Waals surface area (Å²) in [7, 11) is 0. The minimum atomic E-state index is -0.113. The molecule has 0 aliphatic carbocycles. The SMILES string of the molecule is CCc1ccccc1NC(=O)c1cccc(C(=C2CCNCC2)c2ccc(C(=O)N(CC)CC)cc2)c1. The van der Waals surface area contributed by atoms with Crippen LogP contribution < -0.4 is 10.6 Å². The topological polar surface area (TPSA) is 61.4 Å². The van der Waals surface area contributed by atoms with Crippen LogP contribution in [-0.2, 0) is 6.42 Å². The van der Waals surface area contributed by atoms with Crippen molar-refractivity contribution in [3.8, 4) is 0 Å². The molecule has 1 fully saturated rings. The van der Waals surface area contributed by atoms with Crippen LogP contribution in [0.4, 0.5) is 5.69 Å². The molecule has 1 aliphatic heterocycles. The molecule has 0 bridgehead atoms. The van der Waals surface area contributed by atoms with E-state index in [-0.39, 0.29) is 11.8 Å². The lowest BCUT2D eigenvalue weighted by Crippen LogP contribution is -2.30. The van der Waals surface area contributed by atoms with Gasteiger partial charge in [-0.05, 0) is 98.8 Å². The molecule has 0 unspecified atom stereocenters. The van der Waals surface area contributed by atoms with Crippen LogP contribution in [-0.4, -0.2) is 42.9 Å². The van der Waals surface area contributed by atoms with Crippen molar-refractivity contribution in [2.24, 2.45) is 0 Å². The first-order chi connectivity index (χ1) is 18.0. The third-order valence-electron chi connectivity index (χ3n) is 7.09. The van der Waals surface area contributed by atoms with Gasteiger partial charge in [-0.25, -0.2) is 0 Å². The highest BCUT2D eigenvalue weighted by atomic mass is 16.2. The van der Waals surface area contributed by atoms with E-state index in [2.05, 4.69) is 23.6 Å². The average molecular weight is 496 g/mol. The number of nitrogens with one attached hydrogen (secondary N) is 2. The molecule has 1 aliphatic rings. The number of carbonyl (C=O) groups is 2. The summed E-state index contributed by atoms with van der Waals surface area (Å²) in [6.07, 6.45) is 2.76. The second-order valence-electron chi connectivity index (χ2n) is 9.33. The van der Waals surface area contributed by atoms with Crippen molar-refractivity contribution >= 4 is 23.1 Å². The standard InChI is InChI=1S/C32H37N3O2/c1-4-23-10-7-8-13-29(23)34-31(36)28-12-9-11-27(22-28)30(25-18-20-33-21-19-25)24-14-16-26(17-15-24)32(37)35(5-2)6-3/h7-17,22,33H,4-6,18-21H2,1-3H3,(H,34,36). The van der Waals surface area contributed by atoms with Crippen LogP contribution in [0.3, 0.4) is 0 Å². The van der Waals surface area contributed by atoms with Gasteiger partial charge in [-0.1, -0.05) is 55.0 Å². The van der Waals surface area contributed by atoms with E-state index in [1.165, 1.54) is 5.57 Å². The van der Waals surface area contributed by atoms with Crippen LogP contribution in [0.2, 0.25) is 0 Å². The van der Waals surface area contributed by atoms with Crippen molar-refractivity contribution in [1.29, 1.82) is 0 Å². The normalized spacial score (nSPS) is 13.2. The Labute approximate surface area is 220 Å². The zero-order chi connectivity index (χ0) is 26.2. The van der Waals surface area contributed by atoms with Crippen LogP contribution in [0, 0.1) is 0 Å². The van der Waals surface area contributed by atoms with Crippen LogP contribution >= 0.6 is 0 Å². The molecule has 0 atom stereocenters. The summed E-state index contributed by atoms with van der Waals surface area (Å²) < 4.78 is 0. The van der Waals surface area contributed by atoms with Crippen LogP contribution in [0.25, 0.3) is 5.57 Å². The predicted octanol–water partition coefficient (Wildman–Crippen LogP) is 6.17. The lowest BCUT2D eigenvalue weighted by molar-refractivity contribution is 0.0772. The fourth-order valence-corrected chi connectivity index (χ4v) is 4.99. The number of carbonyl (C=O) groups excluding carboxylic acids is 2. The largest absolute Gasteiger partial charge is 0.339 e. The zero-order valence-electron chi connectivity index (χ0n) is 22.1. The van der Waals surface area contributed by atoms with Crippen molar-refractivity contribution in [2.45, 2.75) is 40.0 Å². The molecule has 2 N–H and O–H groups in total. The van der Waals surface area contributed by atoms with Gasteiger partial charge < -0.3 is 15.5 Å². The fourth-order valence-electron chi connectivity index (χ4n) is 4.99. The quantitative estimate of drug-likeness (QED) is 0.393. The maximum absolute atomic E-state index is 13.2. The van der Waals surface area contributed by atoms with E-state index in [1.54, 1.807) is 0 Å². The first-order valence-electron chi connectivity index (χ1n) is 13.4. The lowest BCUT2D eigenvalue weighted by atomic mass is 9.87. The van der Waals surface area contributed by atoms with E-state index in [9.17, 15) is 9.59 Å². The molecule has 0 saturated carbocycles. The van der Waals surface area contributed by atoms with Gasteiger partial charge in [-0.15, -0.1) is 0 Å². The molecule has 1 heterocycles. The first-order valence-corrected chi connectivity index (χ1v) is 13.4. The van der Waals surface area contributed by atoms with E-state index in [1.807, 2.05) is 85.5 Å². The van der Waals surface area contributed by atoms with Crippen LogP contribution in [0.5, 0.6) is 0 Å². The smallest absolute Gasteiger partial charge is 0.255 e. The zero-order valence-corrected chi connectivity index (χ0v) is 22.1. The highest BCUT2D eigenvalue weighted by molar-refractivity contribution is 6.05. The minimum Gasteiger partial charge on any atom is -0.339 e. The molecule has 3 aromatic rings. The van der Waals surface area contributed by atoms with E-state index < -0.39 is 0 Å². The van der Waals surface area contributed by atoms with Crippen LogP contribution in [0.15, 0.2) is 78.4 Å². The van der Waals surface area contributed by atoms with Gasteiger partial charge in [0.2, 0.25) is 0 Å². The summed E-state index contributed by atoms with van der Waals surface area (Å²) in [4.78, 5) is 27.9. The molecular formula is C32H37N3O2. The second-order valence-corrected chi connectivity index (χ2v) is 9.33. The Bertz CT molecular complexity index is 1270. The number of hydrogen-bond donors (Lipinski definition) is 2. The third-order valence-corrected chi connectivity index (χ3v) is 7.09. The molecule has 3 aromatic carbocycles. The second kappa shape index (κ2) is 12.5. The Morgan fingerprint density at radius 2 is 1.43 bits per heavy atom. The molecule has 0 aromatic heterocycles. The van der Waals surface area contributed by atoms with Crippen molar-refractivity contribution in [2.75, 3.05) is 31.5 Å². The Morgan fingerprint density at radius 1 is 0.784 bits per heavy atom. The van der Waals surface area contributed by atoms with Crippen LogP contribution in [0.1, 0.15) is 71.0 Å². The molecule has 4 rings (SSSR count). The monoisotopic (exact) mass is 495 g/mol. The predicted molar refractivity (Wildman–Crippen MR) is 152 cm³/mol. The van der Waals surface area contributed by atoms with Crippen molar-refractivity contribution in [3.05, 3.63) is 106 Å². The summed E-state index contributed by atoms with van der Waals surface area (Å²) in [6.45, 7) is 9.34. The molecule has 1 saturated heterocycles. The molecule has 0 radical (unpaired) electrons. The average Bonchev–Trinajstić information content (AvgIpc) is 2.95. The summed E-state index contributed by atoms with van der Waals surface area (Å²) in [5.41, 5.74) is 7.92. The van der Waals surface area contributed by atoms with Gasteiger partial charge in [0.1, 0.15) is 0 Å². The van der Waals surface area contributed by atoms with Gasteiger partial charge in [0, 0.05) is 29.9 Å². The molecule has 5 heteroatoms. The Kier molecular flexibility index (Phi) is 8.91. The summed E-state index contributed by atoms with van der Waals surface area (Å²) >= 11 is 0. The number of para-hydroxylation sites is 1. The Morgan fingerprint density at radius 3 is 2.11 bits per heavy atom. The fraction of sp³-hybridized carbons (Fsp3) is 0.312. The maximum atomic E-state index is 13.2. The minimum absolute atomic E-state index is 0.0543. The highest BCUT2D eigenvalue weighted by Crippen LogP contribution is 2.32. The maximum Gasteiger partial charge on any atom is 0.255 e. The van der Waals surface area contributed by atoms with Crippen molar-refractivity contribution < 1.29 is 9.59 Å². The number of nitrogens with zero attached hydrogens (tertiary/aromatic N) is 1. The number of anilines is 1. The van der Waals surface area contributed by atoms with Gasteiger partial charge in [0.05, 0.1) is 0 Å². The summed E-state index contributed by atoms with van der Waals surface area (Å²) in [5, 5.41) is 6.54. The van der Waals surface area contributed by atoms with Gasteiger partial charge in [0.15, 0.2) is 0 Å². The van der Waals surface area contributed by atoms with Gasteiger partial charge in [-0.2, -0.15) is 0 Å². The molecule has 5 nitrogen and oxygen atoms in total. The Balaban J connectivity index is 1.68. The first kappa shape index (κ1) is 26.4. The lowest BCUT2D eigenvalue weighted by Gasteiger charge is -2.22. The Hall–Kier alpha value is -3.70. The number of benzene rings is 3. The van der Waals surface area contributed by atoms with Crippen molar-refractivity contribution in [1.82, 2.24) is 10.2 Å². The number of hydrogen-bond acceptors (Lipinski definition) is 3.